The first-order valence-corrected chi connectivity index (χ1v) is 7.99. The van der Waals surface area contributed by atoms with Crippen molar-refractivity contribution < 1.29 is 22.7 Å². The van der Waals surface area contributed by atoms with Gasteiger partial charge in [0, 0.05) is 13.7 Å². The number of esters is 1. The Bertz CT molecular complexity index is 412. The molecular weight excluding hydrogens is 270 g/mol. The van der Waals surface area contributed by atoms with E-state index >= 15 is 0 Å². The predicted octanol–water partition coefficient (Wildman–Crippen LogP) is 0.769. The van der Waals surface area contributed by atoms with E-state index in [0.29, 0.717) is 19.4 Å². The van der Waals surface area contributed by atoms with Gasteiger partial charge in [-0.3, -0.25) is 4.79 Å². The smallest absolute Gasteiger partial charge is 0.324 e. The molecule has 1 saturated heterocycles. The van der Waals surface area contributed by atoms with Crippen LogP contribution < -0.4 is 0 Å². The van der Waals surface area contributed by atoms with Gasteiger partial charge in [0.05, 0.1) is 12.4 Å². The molecule has 0 unspecified atom stereocenters. The number of hydrogen-bond acceptors (Lipinski definition) is 5. The van der Waals surface area contributed by atoms with E-state index in [-0.39, 0.29) is 12.4 Å². The number of carbonyl (C=O) groups excluding carboxylic acids is 1. The SMILES string of the molecule is COCCS(=O)(=O)N1CCC[C@@H]1C(=O)OC(C)(C)C. The van der Waals surface area contributed by atoms with Crippen molar-refractivity contribution >= 4 is 16.0 Å². The van der Waals surface area contributed by atoms with Gasteiger partial charge in [0.2, 0.25) is 10.0 Å². The van der Waals surface area contributed by atoms with Gasteiger partial charge in [0.25, 0.3) is 0 Å². The number of carbonyl (C=O) groups is 1. The van der Waals surface area contributed by atoms with E-state index in [0.717, 1.165) is 0 Å². The third kappa shape index (κ3) is 4.74. The number of ether oxygens (including phenoxy) is 2. The molecule has 1 fully saturated rings. The maximum atomic E-state index is 12.1. The minimum Gasteiger partial charge on any atom is -0.459 e. The van der Waals surface area contributed by atoms with Crippen molar-refractivity contribution in [2.24, 2.45) is 0 Å². The van der Waals surface area contributed by atoms with Gasteiger partial charge in [-0.1, -0.05) is 0 Å². The molecule has 1 aliphatic rings. The first kappa shape index (κ1) is 16.4. The fourth-order valence-corrected chi connectivity index (χ4v) is 3.58. The molecule has 0 N–H and O–H groups in total. The molecule has 6 nitrogen and oxygen atoms in total. The highest BCUT2D eigenvalue weighted by Gasteiger charge is 2.40. The Morgan fingerprint density at radius 1 is 1.37 bits per heavy atom. The van der Waals surface area contributed by atoms with Crippen molar-refractivity contribution in [2.75, 3.05) is 26.0 Å². The highest BCUT2D eigenvalue weighted by molar-refractivity contribution is 7.89. The lowest BCUT2D eigenvalue weighted by Gasteiger charge is -2.26. The lowest BCUT2D eigenvalue weighted by molar-refractivity contribution is -0.158. The Balaban J connectivity index is 2.76. The lowest BCUT2D eigenvalue weighted by atomic mass is 10.2. The molecule has 19 heavy (non-hydrogen) atoms. The van der Waals surface area contributed by atoms with E-state index in [1.165, 1.54) is 11.4 Å². The first-order chi connectivity index (χ1) is 8.67. The topological polar surface area (TPSA) is 72.9 Å². The predicted molar refractivity (Wildman–Crippen MR) is 71.2 cm³/mol. The average Bonchev–Trinajstić information content (AvgIpc) is 2.73. The van der Waals surface area contributed by atoms with E-state index in [1.807, 2.05) is 0 Å². The lowest BCUT2D eigenvalue weighted by Crippen LogP contribution is -2.44. The fraction of sp³-hybridized carbons (Fsp3) is 0.917. The van der Waals surface area contributed by atoms with Crippen LogP contribution in [-0.2, 0) is 24.3 Å². The first-order valence-electron chi connectivity index (χ1n) is 6.39. The van der Waals surface area contributed by atoms with Crippen LogP contribution in [0.25, 0.3) is 0 Å². The van der Waals surface area contributed by atoms with E-state index < -0.39 is 27.6 Å². The van der Waals surface area contributed by atoms with Gasteiger partial charge in [-0.25, -0.2) is 8.42 Å². The monoisotopic (exact) mass is 293 g/mol. The second kappa shape index (κ2) is 6.19. The van der Waals surface area contributed by atoms with Gasteiger partial charge in [-0.05, 0) is 33.6 Å². The minimum atomic E-state index is -3.46. The summed E-state index contributed by atoms with van der Waals surface area (Å²) in [7, 11) is -2.02. The second-order valence-electron chi connectivity index (χ2n) is 5.61. The summed E-state index contributed by atoms with van der Waals surface area (Å²) >= 11 is 0. The highest BCUT2D eigenvalue weighted by Crippen LogP contribution is 2.24. The molecule has 1 atom stereocenters. The van der Waals surface area contributed by atoms with Crippen LogP contribution in [0.1, 0.15) is 33.6 Å². The summed E-state index contributed by atoms with van der Waals surface area (Å²) in [6.45, 7) is 5.80. The number of nitrogens with zero attached hydrogens (tertiary/aromatic N) is 1. The van der Waals surface area contributed by atoms with E-state index in [4.69, 9.17) is 9.47 Å². The van der Waals surface area contributed by atoms with Gasteiger partial charge in [0.15, 0.2) is 0 Å². The molecule has 0 radical (unpaired) electrons. The van der Waals surface area contributed by atoms with E-state index in [2.05, 4.69) is 0 Å². The molecule has 1 rings (SSSR count). The zero-order valence-corrected chi connectivity index (χ0v) is 12.8. The maximum Gasteiger partial charge on any atom is 0.324 e. The summed E-state index contributed by atoms with van der Waals surface area (Å²) in [5.74, 6) is -0.575. The number of methoxy groups -OCH3 is 1. The Labute approximate surface area is 115 Å². The molecule has 0 amide bonds. The third-order valence-corrected chi connectivity index (χ3v) is 4.62. The van der Waals surface area contributed by atoms with Gasteiger partial charge >= 0.3 is 5.97 Å². The van der Waals surface area contributed by atoms with Gasteiger partial charge in [-0.2, -0.15) is 4.31 Å². The molecular formula is C12H23NO5S. The van der Waals surface area contributed by atoms with Crippen LogP contribution in [0.15, 0.2) is 0 Å². The molecule has 0 aliphatic carbocycles. The Hall–Kier alpha value is -0.660. The van der Waals surface area contributed by atoms with Crippen LogP contribution in [0.2, 0.25) is 0 Å². The Kier molecular flexibility index (Phi) is 5.34. The third-order valence-electron chi connectivity index (χ3n) is 2.79. The molecule has 112 valence electrons. The average molecular weight is 293 g/mol. The van der Waals surface area contributed by atoms with Gasteiger partial charge in [-0.15, -0.1) is 0 Å². The van der Waals surface area contributed by atoms with Crippen LogP contribution in [-0.4, -0.2) is 56.3 Å². The van der Waals surface area contributed by atoms with Crippen molar-refractivity contribution in [1.29, 1.82) is 0 Å². The Morgan fingerprint density at radius 3 is 2.53 bits per heavy atom. The maximum absolute atomic E-state index is 12.1. The van der Waals surface area contributed by atoms with Crippen molar-refractivity contribution in [3.8, 4) is 0 Å². The zero-order valence-electron chi connectivity index (χ0n) is 12.0. The van der Waals surface area contributed by atoms with Gasteiger partial charge < -0.3 is 9.47 Å². The summed E-state index contributed by atoms with van der Waals surface area (Å²) in [5, 5.41) is 0. The summed E-state index contributed by atoms with van der Waals surface area (Å²) in [6.07, 6.45) is 1.19. The molecule has 0 aromatic heterocycles. The molecule has 0 aromatic carbocycles. The minimum absolute atomic E-state index is 0.108. The van der Waals surface area contributed by atoms with Crippen molar-refractivity contribution in [1.82, 2.24) is 4.31 Å². The van der Waals surface area contributed by atoms with Crippen LogP contribution in [0.4, 0.5) is 0 Å². The molecule has 1 aliphatic heterocycles. The van der Waals surface area contributed by atoms with Crippen LogP contribution >= 0.6 is 0 Å². The number of sulfonamides is 1. The van der Waals surface area contributed by atoms with Crippen LogP contribution in [0.3, 0.4) is 0 Å². The van der Waals surface area contributed by atoms with Crippen molar-refractivity contribution in [3.63, 3.8) is 0 Å². The van der Waals surface area contributed by atoms with Crippen LogP contribution in [0, 0.1) is 0 Å². The molecule has 0 aromatic rings. The molecule has 0 bridgehead atoms. The normalized spacial score (nSPS) is 21.6. The standard InChI is InChI=1S/C12H23NO5S/c1-12(2,3)18-11(14)10-6-5-7-13(10)19(15,16)9-8-17-4/h10H,5-9H2,1-4H3/t10-/m1/s1. The highest BCUT2D eigenvalue weighted by atomic mass is 32.2. The summed E-state index contributed by atoms with van der Waals surface area (Å²) in [4.78, 5) is 12.0. The fourth-order valence-electron chi connectivity index (χ4n) is 1.98. The Morgan fingerprint density at radius 2 is 2.00 bits per heavy atom. The zero-order chi connectivity index (χ0) is 14.7. The van der Waals surface area contributed by atoms with Crippen LogP contribution in [0.5, 0.6) is 0 Å². The van der Waals surface area contributed by atoms with Gasteiger partial charge in [0.1, 0.15) is 11.6 Å². The number of rotatable bonds is 5. The quantitative estimate of drug-likeness (QED) is 0.700. The van der Waals surface area contributed by atoms with Crippen molar-refractivity contribution in [2.45, 2.75) is 45.3 Å². The van der Waals surface area contributed by atoms with Crippen molar-refractivity contribution in [3.05, 3.63) is 0 Å². The molecule has 1 heterocycles. The summed E-state index contributed by atoms with van der Waals surface area (Å²) in [6, 6.07) is -0.693. The second-order valence-corrected chi connectivity index (χ2v) is 7.65. The molecule has 0 saturated carbocycles. The molecule has 7 heteroatoms. The number of hydrogen-bond donors (Lipinski definition) is 0. The van der Waals surface area contributed by atoms with E-state index in [9.17, 15) is 13.2 Å². The molecule has 0 spiro atoms. The summed E-state index contributed by atoms with van der Waals surface area (Å²) < 4.78 is 35.5. The largest absolute Gasteiger partial charge is 0.459 e. The van der Waals surface area contributed by atoms with E-state index in [1.54, 1.807) is 20.8 Å². The summed E-state index contributed by atoms with van der Waals surface area (Å²) in [5.41, 5.74) is -0.609.